The minimum absolute atomic E-state index is 0.106. The molecule has 25 heavy (non-hydrogen) atoms. The highest BCUT2D eigenvalue weighted by Crippen LogP contribution is 2.20. The zero-order valence-electron chi connectivity index (χ0n) is 14.2. The van der Waals surface area contributed by atoms with Gasteiger partial charge in [-0.1, -0.05) is 19.1 Å². The number of hydrogen-bond acceptors (Lipinski definition) is 5. The topological polar surface area (TPSA) is 66.6 Å². The molecule has 1 aliphatic heterocycles. The second-order valence-electron chi connectivity index (χ2n) is 6.18. The Bertz CT molecular complexity index is 880. The first kappa shape index (κ1) is 15.7. The summed E-state index contributed by atoms with van der Waals surface area (Å²) in [6, 6.07) is 7.70. The third-order valence-electron chi connectivity index (χ3n) is 4.72. The molecule has 0 radical (unpaired) electrons. The first-order valence-electron chi connectivity index (χ1n) is 8.52. The van der Waals surface area contributed by atoms with Gasteiger partial charge < -0.3 is 9.80 Å². The van der Waals surface area contributed by atoms with Crippen molar-refractivity contribution in [1.82, 2.24) is 29.4 Å². The Kier molecular flexibility index (Phi) is 4.15. The minimum atomic E-state index is 0.106. The normalized spacial score (nSPS) is 15.6. The van der Waals surface area contributed by atoms with Crippen LogP contribution < -0.4 is 0 Å². The number of hydrogen-bond donors (Lipinski definition) is 0. The van der Waals surface area contributed by atoms with Crippen molar-refractivity contribution in [2.75, 3.05) is 32.7 Å². The van der Waals surface area contributed by atoms with E-state index in [1.807, 2.05) is 35.4 Å². The van der Waals surface area contributed by atoms with Crippen molar-refractivity contribution in [2.24, 2.45) is 0 Å². The van der Waals surface area contributed by atoms with Gasteiger partial charge in [-0.15, -0.1) is 10.2 Å². The minimum Gasteiger partial charge on any atom is -0.336 e. The molecule has 1 aromatic carbocycles. The predicted molar refractivity (Wildman–Crippen MR) is 94.2 cm³/mol. The fourth-order valence-corrected chi connectivity index (χ4v) is 3.13. The molecule has 2 aromatic heterocycles. The summed E-state index contributed by atoms with van der Waals surface area (Å²) in [6.07, 6.45) is 5.33. The van der Waals surface area contributed by atoms with Gasteiger partial charge in [0.15, 0.2) is 0 Å². The van der Waals surface area contributed by atoms with E-state index in [1.54, 1.807) is 16.9 Å². The second kappa shape index (κ2) is 6.60. The summed E-state index contributed by atoms with van der Waals surface area (Å²) in [5.74, 6) is 0.677. The van der Waals surface area contributed by atoms with Crippen LogP contribution in [0.1, 0.15) is 17.3 Å². The Balaban J connectivity index is 1.50. The summed E-state index contributed by atoms with van der Waals surface area (Å²) in [7, 11) is 0. The van der Waals surface area contributed by atoms with Crippen molar-refractivity contribution >= 4 is 11.7 Å². The van der Waals surface area contributed by atoms with Crippen LogP contribution in [-0.2, 0) is 0 Å². The van der Waals surface area contributed by atoms with Crippen LogP contribution in [0.25, 0.3) is 16.9 Å². The van der Waals surface area contributed by atoms with Crippen molar-refractivity contribution in [3.63, 3.8) is 0 Å². The van der Waals surface area contributed by atoms with Gasteiger partial charge in [0, 0.05) is 49.7 Å². The van der Waals surface area contributed by atoms with Gasteiger partial charge in [0.25, 0.3) is 11.7 Å². The molecule has 0 saturated carbocycles. The van der Waals surface area contributed by atoms with E-state index in [2.05, 4.69) is 27.0 Å². The lowest BCUT2D eigenvalue weighted by Crippen LogP contribution is -2.48. The zero-order valence-corrected chi connectivity index (χ0v) is 14.2. The zero-order chi connectivity index (χ0) is 17.2. The molecule has 1 fully saturated rings. The average molecular weight is 336 g/mol. The van der Waals surface area contributed by atoms with Crippen LogP contribution in [0.15, 0.2) is 43.0 Å². The van der Waals surface area contributed by atoms with Gasteiger partial charge in [0.05, 0.1) is 0 Å². The fourth-order valence-electron chi connectivity index (χ4n) is 3.13. The van der Waals surface area contributed by atoms with E-state index in [9.17, 15) is 4.79 Å². The van der Waals surface area contributed by atoms with Gasteiger partial charge in [-0.2, -0.15) is 0 Å². The highest BCUT2D eigenvalue weighted by atomic mass is 16.2. The molecule has 128 valence electrons. The first-order chi connectivity index (χ1) is 12.2. The molecule has 3 aromatic rings. The lowest BCUT2D eigenvalue weighted by molar-refractivity contribution is 0.0643. The Morgan fingerprint density at radius 2 is 1.84 bits per heavy atom. The maximum absolute atomic E-state index is 12.7. The van der Waals surface area contributed by atoms with Gasteiger partial charge in [-0.3, -0.25) is 9.20 Å². The van der Waals surface area contributed by atoms with E-state index in [4.69, 9.17) is 0 Å². The SMILES string of the molecule is CCN1CCN(C(=O)c2ccc(-c3cnc4nncn4c3)cc2)CC1. The number of fused-ring (bicyclic) bond motifs is 1. The van der Waals surface area contributed by atoms with Crippen LogP contribution >= 0.6 is 0 Å². The molecular weight excluding hydrogens is 316 g/mol. The van der Waals surface area contributed by atoms with E-state index in [0.29, 0.717) is 5.78 Å². The molecule has 0 atom stereocenters. The molecule has 0 unspecified atom stereocenters. The third kappa shape index (κ3) is 3.10. The van der Waals surface area contributed by atoms with Gasteiger partial charge >= 0.3 is 0 Å². The highest BCUT2D eigenvalue weighted by molar-refractivity contribution is 5.94. The van der Waals surface area contributed by atoms with E-state index in [0.717, 1.165) is 49.4 Å². The van der Waals surface area contributed by atoms with Gasteiger partial charge in [-0.05, 0) is 24.2 Å². The fraction of sp³-hybridized carbons (Fsp3) is 0.333. The second-order valence-corrected chi connectivity index (χ2v) is 6.18. The van der Waals surface area contributed by atoms with Crippen LogP contribution in [0, 0.1) is 0 Å². The van der Waals surface area contributed by atoms with Gasteiger partial charge in [-0.25, -0.2) is 4.98 Å². The number of nitrogens with zero attached hydrogens (tertiary/aromatic N) is 6. The molecule has 0 spiro atoms. The molecule has 4 rings (SSSR count). The van der Waals surface area contributed by atoms with Crippen molar-refractivity contribution in [3.8, 4) is 11.1 Å². The summed E-state index contributed by atoms with van der Waals surface area (Å²) in [5, 5.41) is 7.74. The van der Waals surface area contributed by atoms with Gasteiger partial charge in [0.2, 0.25) is 0 Å². The summed E-state index contributed by atoms with van der Waals surface area (Å²) in [4.78, 5) is 21.2. The number of likely N-dealkylation sites (N-methyl/N-ethyl adjacent to an activating group) is 1. The number of benzene rings is 1. The van der Waals surface area contributed by atoms with E-state index in [-0.39, 0.29) is 5.91 Å². The Labute approximate surface area is 145 Å². The molecule has 7 heteroatoms. The largest absolute Gasteiger partial charge is 0.336 e. The van der Waals surface area contributed by atoms with Crippen molar-refractivity contribution < 1.29 is 4.79 Å². The lowest BCUT2D eigenvalue weighted by atomic mass is 10.1. The average Bonchev–Trinajstić information content (AvgIpc) is 3.15. The van der Waals surface area contributed by atoms with E-state index in [1.165, 1.54) is 0 Å². The van der Waals surface area contributed by atoms with Crippen LogP contribution in [-0.4, -0.2) is 68.0 Å². The molecule has 0 bridgehead atoms. The summed E-state index contributed by atoms with van der Waals surface area (Å²) < 4.78 is 1.78. The van der Waals surface area contributed by atoms with E-state index >= 15 is 0 Å². The number of amides is 1. The Morgan fingerprint density at radius 1 is 1.08 bits per heavy atom. The molecular formula is C18H20N6O. The number of carbonyl (C=O) groups is 1. The predicted octanol–water partition coefficient (Wildman–Crippen LogP) is 1.57. The number of aromatic nitrogens is 4. The number of piperazine rings is 1. The van der Waals surface area contributed by atoms with Crippen molar-refractivity contribution in [1.29, 1.82) is 0 Å². The van der Waals surface area contributed by atoms with Crippen LogP contribution in [0.3, 0.4) is 0 Å². The molecule has 1 aliphatic rings. The van der Waals surface area contributed by atoms with Crippen LogP contribution in [0.5, 0.6) is 0 Å². The molecule has 0 aliphatic carbocycles. The summed E-state index contributed by atoms with van der Waals surface area (Å²) >= 11 is 0. The molecule has 1 saturated heterocycles. The van der Waals surface area contributed by atoms with Crippen LogP contribution in [0.2, 0.25) is 0 Å². The van der Waals surface area contributed by atoms with Crippen molar-refractivity contribution in [2.45, 2.75) is 6.92 Å². The van der Waals surface area contributed by atoms with Gasteiger partial charge in [0.1, 0.15) is 6.33 Å². The molecule has 1 amide bonds. The highest BCUT2D eigenvalue weighted by Gasteiger charge is 2.21. The number of rotatable bonds is 3. The monoisotopic (exact) mass is 336 g/mol. The van der Waals surface area contributed by atoms with E-state index < -0.39 is 0 Å². The summed E-state index contributed by atoms with van der Waals surface area (Å²) in [6.45, 7) is 6.69. The third-order valence-corrected chi connectivity index (χ3v) is 4.72. The first-order valence-corrected chi connectivity index (χ1v) is 8.52. The Hall–Kier alpha value is -2.80. The molecule has 0 N–H and O–H groups in total. The maximum atomic E-state index is 12.7. The quantitative estimate of drug-likeness (QED) is 0.726. The Morgan fingerprint density at radius 3 is 2.56 bits per heavy atom. The standard InChI is InChI=1S/C18H20N6O/c1-2-22-7-9-23(10-8-22)17(25)15-5-3-14(4-6-15)16-11-19-18-21-20-13-24(18)12-16/h3-6,11-13H,2,7-10H2,1H3. The molecule has 3 heterocycles. The van der Waals surface area contributed by atoms with Crippen molar-refractivity contribution in [3.05, 3.63) is 48.5 Å². The number of carbonyl (C=O) groups excluding carboxylic acids is 1. The van der Waals surface area contributed by atoms with Crippen LogP contribution in [0.4, 0.5) is 0 Å². The molecule has 7 nitrogen and oxygen atoms in total. The lowest BCUT2D eigenvalue weighted by Gasteiger charge is -2.34. The maximum Gasteiger partial charge on any atom is 0.254 e. The smallest absolute Gasteiger partial charge is 0.254 e. The summed E-state index contributed by atoms with van der Waals surface area (Å²) in [5.41, 5.74) is 2.70.